The molecule has 0 radical (unpaired) electrons. The molecule has 0 bridgehead atoms. The van der Waals surface area contributed by atoms with E-state index >= 15 is 0 Å². The molecule has 0 spiro atoms. The number of unbranched alkanes of at least 4 members (excludes halogenated alkanes) is 3. The Morgan fingerprint density at radius 3 is 2.70 bits per heavy atom. The van der Waals surface area contributed by atoms with Crippen molar-refractivity contribution in [3.63, 3.8) is 0 Å². The van der Waals surface area contributed by atoms with Crippen LogP contribution in [0.3, 0.4) is 0 Å². The van der Waals surface area contributed by atoms with E-state index in [2.05, 4.69) is 28.2 Å². The number of anilines is 1. The minimum Gasteiger partial charge on any atom is -0.356 e. The molecule has 2 unspecified atom stereocenters. The van der Waals surface area contributed by atoms with Crippen LogP contribution in [0.1, 0.15) is 51.9 Å². The molecule has 3 rings (SSSR count). The normalized spacial score (nSPS) is 21.7. The van der Waals surface area contributed by atoms with Crippen molar-refractivity contribution in [3.05, 3.63) is 28.7 Å². The summed E-state index contributed by atoms with van der Waals surface area (Å²) in [6.45, 7) is 4.44. The Labute approximate surface area is 187 Å². The van der Waals surface area contributed by atoms with Gasteiger partial charge in [0.15, 0.2) is 0 Å². The van der Waals surface area contributed by atoms with Gasteiger partial charge >= 0.3 is 0 Å². The van der Waals surface area contributed by atoms with Gasteiger partial charge in [-0.2, -0.15) is 0 Å². The molecule has 2 aliphatic heterocycles. The van der Waals surface area contributed by atoms with Crippen molar-refractivity contribution in [2.45, 2.75) is 51.9 Å². The number of nitrogens with one attached hydrogen (secondary N) is 1. The van der Waals surface area contributed by atoms with Crippen molar-refractivity contribution < 1.29 is 14.4 Å². The number of nitrogens with zero attached hydrogens (tertiary/aromatic N) is 2. The summed E-state index contributed by atoms with van der Waals surface area (Å²) in [4.78, 5) is 42.0. The number of para-hydroxylation sites is 1. The third-order valence-corrected chi connectivity index (χ3v) is 6.75. The number of piperidine rings is 1. The SMILES string of the molecule is CCCCCCNC(=O)C1CCCN(C(=O)C2CCN(c3ccccc3Br)C2=O)C1. The highest BCUT2D eigenvalue weighted by Crippen LogP contribution is 2.32. The van der Waals surface area contributed by atoms with Crippen molar-refractivity contribution in [2.75, 3.05) is 31.1 Å². The molecule has 1 aromatic rings. The largest absolute Gasteiger partial charge is 0.356 e. The van der Waals surface area contributed by atoms with E-state index in [-0.39, 0.29) is 23.6 Å². The quantitative estimate of drug-likeness (QED) is 0.457. The molecule has 6 nitrogen and oxygen atoms in total. The third kappa shape index (κ3) is 5.42. The van der Waals surface area contributed by atoms with E-state index in [0.29, 0.717) is 32.6 Å². The molecule has 1 N–H and O–H groups in total. The number of amides is 3. The molecular weight excluding hydrogens is 446 g/mol. The van der Waals surface area contributed by atoms with Crippen LogP contribution >= 0.6 is 15.9 Å². The van der Waals surface area contributed by atoms with Crippen LogP contribution in [0.2, 0.25) is 0 Å². The van der Waals surface area contributed by atoms with Crippen molar-refractivity contribution in [3.8, 4) is 0 Å². The lowest BCUT2D eigenvalue weighted by molar-refractivity contribution is -0.142. The number of benzene rings is 1. The minimum atomic E-state index is -0.645. The molecule has 0 aliphatic carbocycles. The molecule has 1 aromatic carbocycles. The summed E-state index contributed by atoms with van der Waals surface area (Å²) in [6, 6.07) is 7.57. The number of likely N-dealkylation sites (tertiary alicyclic amines) is 1. The van der Waals surface area contributed by atoms with E-state index in [4.69, 9.17) is 0 Å². The molecule has 164 valence electrons. The first kappa shape index (κ1) is 22.8. The summed E-state index contributed by atoms with van der Waals surface area (Å²) >= 11 is 3.49. The third-order valence-electron chi connectivity index (χ3n) is 6.08. The fraction of sp³-hybridized carbons (Fsp3) is 0.609. The minimum absolute atomic E-state index is 0.0385. The Kier molecular flexibility index (Phi) is 8.31. The summed E-state index contributed by atoms with van der Waals surface area (Å²) in [6.07, 6.45) is 6.60. The van der Waals surface area contributed by atoms with Crippen LogP contribution in [0.15, 0.2) is 28.7 Å². The van der Waals surface area contributed by atoms with Crippen LogP contribution in [-0.4, -0.2) is 48.8 Å². The summed E-state index contributed by atoms with van der Waals surface area (Å²) < 4.78 is 0.847. The lowest BCUT2D eigenvalue weighted by atomic mass is 9.95. The van der Waals surface area contributed by atoms with E-state index in [0.717, 1.165) is 35.8 Å². The van der Waals surface area contributed by atoms with E-state index in [1.165, 1.54) is 12.8 Å². The van der Waals surface area contributed by atoms with E-state index < -0.39 is 5.92 Å². The lowest BCUT2D eigenvalue weighted by Gasteiger charge is -2.33. The highest BCUT2D eigenvalue weighted by atomic mass is 79.9. The summed E-state index contributed by atoms with van der Waals surface area (Å²) in [5.41, 5.74) is 0.803. The van der Waals surface area contributed by atoms with Crippen LogP contribution in [0.4, 0.5) is 5.69 Å². The Balaban J connectivity index is 1.54. The van der Waals surface area contributed by atoms with Crippen LogP contribution in [0.25, 0.3) is 0 Å². The topological polar surface area (TPSA) is 69.7 Å². The van der Waals surface area contributed by atoms with Gasteiger partial charge in [0, 0.05) is 30.7 Å². The molecule has 0 aromatic heterocycles. The fourth-order valence-electron chi connectivity index (χ4n) is 4.34. The number of rotatable bonds is 8. The second kappa shape index (κ2) is 10.9. The highest BCUT2D eigenvalue weighted by Gasteiger charge is 2.41. The molecule has 3 amide bonds. The molecule has 2 atom stereocenters. The van der Waals surface area contributed by atoms with E-state index in [1.807, 2.05) is 24.3 Å². The average Bonchev–Trinajstić information content (AvgIpc) is 3.14. The standard InChI is InChI=1S/C23H32BrN3O3/c1-2-3-4-7-13-25-21(28)17-9-8-14-26(16-17)22(29)18-12-15-27(23(18)30)20-11-6-5-10-19(20)24/h5-6,10-11,17-18H,2-4,7-9,12-16H2,1H3,(H,25,28). The lowest BCUT2D eigenvalue weighted by Crippen LogP contribution is -2.48. The van der Waals surface area contributed by atoms with Gasteiger partial charge in [-0.1, -0.05) is 38.3 Å². The second-order valence-electron chi connectivity index (χ2n) is 8.26. The van der Waals surface area contributed by atoms with Crippen LogP contribution in [-0.2, 0) is 14.4 Å². The van der Waals surface area contributed by atoms with Gasteiger partial charge in [0.2, 0.25) is 17.7 Å². The van der Waals surface area contributed by atoms with Gasteiger partial charge in [0.25, 0.3) is 0 Å². The Morgan fingerprint density at radius 1 is 1.13 bits per heavy atom. The van der Waals surface area contributed by atoms with E-state index in [1.54, 1.807) is 9.80 Å². The van der Waals surface area contributed by atoms with Crippen LogP contribution in [0.5, 0.6) is 0 Å². The Hall–Kier alpha value is -1.89. The van der Waals surface area contributed by atoms with E-state index in [9.17, 15) is 14.4 Å². The molecule has 2 saturated heterocycles. The first-order valence-corrected chi connectivity index (χ1v) is 11.9. The van der Waals surface area contributed by atoms with Crippen molar-refractivity contribution in [1.29, 1.82) is 0 Å². The maximum absolute atomic E-state index is 13.1. The van der Waals surface area contributed by atoms with Gasteiger partial charge in [0.1, 0.15) is 5.92 Å². The van der Waals surface area contributed by atoms with Crippen LogP contribution in [0, 0.1) is 11.8 Å². The first-order valence-electron chi connectivity index (χ1n) is 11.1. The number of hydrogen-bond donors (Lipinski definition) is 1. The fourth-order valence-corrected chi connectivity index (χ4v) is 4.84. The zero-order chi connectivity index (χ0) is 21.5. The molecule has 2 aliphatic rings. The molecule has 0 saturated carbocycles. The Bertz CT molecular complexity index is 770. The van der Waals surface area contributed by atoms with Gasteiger partial charge in [-0.15, -0.1) is 0 Å². The molecule has 30 heavy (non-hydrogen) atoms. The molecule has 7 heteroatoms. The van der Waals surface area contributed by atoms with Gasteiger partial charge in [-0.25, -0.2) is 0 Å². The van der Waals surface area contributed by atoms with Crippen molar-refractivity contribution in [1.82, 2.24) is 10.2 Å². The van der Waals surface area contributed by atoms with Gasteiger partial charge in [-0.05, 0) is 53.7 Å². The van der Waals surface area contributed by atoms with Gasteiger partial charge in [0.05, 0.1) is 11.6 Å². The predicted molar refractivity (Wildman–Crippen MR) is 121 cm³/mol. The molecule has 2 heterocycles. The first-order chi connectivity index (χ1) is 14.5. The maximum Gasteiger partial charge on any atom is 0.239 e. The summed E-state index contributed by atoms with van der Waals surface area (Å²) in [5, 5.41) is 3.03. The van der Waals surface area contributed by atoms with Crippen molar-refractivity contribution in [2.24, 2.45) is 11.8 Å². The maximum atomic E-state index is 13.1. The summed E-state index contributed by atoms with van der Waals surface area (Å²) in [5.74, 6) is -1.06. The predicted octanol–water partition coefficient (Wildman–Crippen LogP) is 3.74. The number of carbonyl (C=O) groups is 3. The highest BCUT2D eigenvalue weighted by molar-refractivity contribution is 9.10. The zero-order valence-electron chi connectivity index (χ0n) is 17.7. The van der Waals surface area contributed by atoms with Gasteiger partial charge < -0.3 is 15.1 Å². The zero-order valence-corrected chi connectivity index (χ0v) is 19.3. The number of halogens is 1. The van der Waals surface area contributed by atoms with Crippen LogP contribution < -0.4 is 10.2 Å². The second-order valence-corrected chi connectivity index (χ2v) is 9.11. The van der Waals surface area contributed by atoms with Gasteiger partial charge in [-0.3, -0.25) is 14.4 Å². The molecular formula is C23H32BrN3O3. The Morgan fingerprint density at radius 2 is 1.93 bits per heavy atom. The number of hydrogen-bond acceptors (Lipinski definition) is 3. The monoisotopic (exact) mass is 477 g/mol. The number of carbonyl (C=O) groups excluding carboxylic acids is 3. The molecule has 2 fully saturated rings. The smallest absolute Gasteiger partial charge is 0.239 e. The summed E-state index contributed by atoms with van der Waals surface area (Å²) in [7, 11) is 0. The van der Waals surface area contributed by atoms with Crippen molar-refractivity contribution >= 4 is 39.3 Å². The average molecular weight is 478 g/mol.